The summed E-state index contributed by atoms with van der Waals surface area (Å²) in [6, 6.07) is 5.59. The Labute approximate surface area is 154 Å². The molecule has 2 rings (SSSR count). The molecule has 0 atom stereocenters. The minimum absolute atomic E-state index is 0.0225. The summed E-state index contributed by atoms with van der Waals surface area (Å²) in [5, 5.41) is 11.3. The van der Waals surface area contributed by atoms with E-state index in [1.54, 1.807) is 0 Å². The molecule has 26 heavy (non-hydrogen) atoms. The molecule has 0 saturated carbocycles. The fourth-order valence-electron chi connectivity index (χ4n) is 2.85. The summed E-state index contributed by atoms with van der Waals surface area (Å²) in [6.45, 7) is 6.57. The molecule has 0 bridgehead atoms. The van der Waals surface area contributed by atoms with Crippen LogP contribution in [0.25, 0.3) is 0 Å². The van der Waals surface area contributed by atoms with Crippen LogP contribution in [0.15, 0.2) is 18.2 Å². The minimum atomic E-state index is -0.978. The van der Waals surface area contributed by atoms with Gasteiger partial charge in [0.25, 0.3) is 0 Å². The number of carboxylic acid groups (broad SMARTS) is 1. The third-order valence-electron chi connectivity index (χ3n) is 4.23. The van der Waals surface area contributed by atoms with Gasteiger partial charge in [-0.15, -0.1) is 0 Å². The van der Waals surface area contributed by atoms with Gasteiger partial charge in [0.2, 0.25) is 5.91 Å². The molecule has 2 N–H and O–H groups in total. The highest BCUT2D eigenvalue weighted by Crippen LogP contribution is 2.28. The van der Waals surface area contributed by atoms with E-state index in [1.807, 2.05) is 25.1 Å². The number of hydrogen-bond acceptors (Lipinski definition) is 5. The normalized spacial score (nSPS) is 14.2. The van der Waals surface area contributed by atoms with E-state index in [0.717, 1.165) is 25.2 Å². The molecule has 0 aliphatic carbocycles. The fraction of sp³-hybridized carbons (Fsp3) is 0.579. The maximum atomic E-state index is 11.6. The van der Waals surface area contributed by atoms with E-state index >= 15 is 0 Å². The number of nitrogens with zero attached hydrogens (tertiary/aromatic N) is 1. The van der Waals surface area contributed by atoms with Crippen LogP contribution in [-0.4, -0.2) is 54.7 Å². The number of likely N-dealkylation sites (tertiary alicyclic amines) is 1. The Bertz CT molecular complexity index is 600. The van der Waals surface area contributed by atoms with Crippen LogP contribution in [0.5, 0.6) is 11.5 Å². The molecule has 144 valence electrons. The largest absolute Gasteiger partial charge is 0.490 e. The van der Waals surface area contributed by atoms with Crippen molar-refractivity contribution in [1.29, 1.82) is 0 Å². The van der Waals surface area contributed by atoms with Gasteiger partial charge in [0, 0.05) is 19.5 Å². The molecule has 7 heteroatoms. The average molecular weight is 364 g/mol. The van der Waals surface area contributed by atoms with E-state index in [9.17, 15) is 9.59 Å². The number of carbonyl (C=O) groups excluding carboxylic acids is 1. The van der Waals surface area contributed by atoms with Crippen molar-refractivity contribution in [2.75, 3.05) is 32.8 Å². The lowest BCUT2D eigenvalue weighted by atomic mass is 10.2. The van der Waals surface area contributed by atoms with Gasteiger partial charge in [-0.3, -0.25) is 14.5 Å². The Hall–Kier alpha value is -2.28. The van der Waals surface area contributed by atoms with Crippen molar-refractivity contribution in [3.8, 4) is 11.5 Å². The maximum Gasteiger partial charge on any atom is 0.303 e. The summed E-state index contributed by atoms with van der Waals surface area (Å²) in [4.78, 5) is 24.5. The molecule has 1 fully saturated rings. The number of carboxylic acids is 1. The van der Waals surface area contributed by atoms with Gasteiger partial charge in [-0.25, -0.2) is 0 Å². The first kappa shape index (κ1) is 20.0. The topological polar surface area (TPSA) is 88.1 Å². The van der Waals surface area contributed by atoms with Gasteiger partial charge in [-0.1, -0.05) is 6.07 Å². The number of nitrogens with one attached hydrogen (secondary N) is 1. The lowest BCUT2D eigenvalue weighted by Gasteiger charge is -2.17. The van der Waals surface area contributed by atoms with Crippen molar-refractivity contribution in [3.63, 3.8) is 0 Å². The molecule has 1 aliphatic heterocycles. The van der Waals surface area contributed by atoms with Gasteiger partial charge in [0.05, 0.1) is 13.0 Å². The molecule has 1 aromatic carbocycles. The molecule has 0 unspecified atom stereocenters. The Kier molecular flexibility index (Phi) is 8.21. The van der Waals surface area contributed by atoms with Crippen LogP contribution in [0, 0.1) is 0 Å². The van der Waals surface area contributed by atoms with Crippen LogP contribution in [0.4, 0.5) is 0 Å². The van der Waals surface area contributed by atoms with Gasteiger partial charge in [-0.2, -0.15) is 0 Å². The molecule has 0 radical (unpaired) electrons. The van der Waals surface area contributed by atoms with Crippen molar-refractivity contribution >= 4 is 11.9 Å². The van der Waals surface area contributed by atoms with Gasteiger partial charge in [0.1, 0.15) is 6.61 Å². The van der Waals surface area contributed by atoms with Gasteiger partial charge < -0.3 is 19.9 Å². The second-order valence-corrected chi connectivity index (χ2v) is 6.28. The van der Waals surface area contributed by atoms with Crippen LogP contribution in [0.2, 0.25) is 0 Å². The van der Waals surface area contributed by atoms with Crippen molar-refractivity contribution in [2.24, 2.45) is 0 Å². The van der Waals surface area contributed by atoms with Crippen LogP contribution < -0.4 is 14.8 Å². The van der Waals surface area contributed by atoms with Crippen molar-refractivity contribution in [1.82, 2.24) is 10.2 Å². The molecule has 0 spiro atoms. The number of carbonyl (C=O) groups is 2. The zero-order valence-electron chi connectivity index (χ0n) is 15.3. The number of aliphatic carboxylic acids is 1. The lowest BCUT2D eigenvalue weighted by molar-refractivity contribution is -0.138. The Morgan fingerprint density at radius 2 is 1.92 bits per heavy atom. The second-order valence-electron chi connectivity index (χ2n) is 6.28. The highest BCUT2D eigenvalue weighted by Gasteiger charge is 2.12. The summed E-state index contributed by atoms with van der Waals surface area (Å²) in [6.07, 6.45) is 2.33. The summed E-state index contributed by atoms with van der Waals surface area (Å²) < 4.78 is 11.5. The molecular formula is C19H28N2O5. The highest BCUT2D eigenvalue weighted by atomic mass is 16.5. The van der Waals surface area contributed by atoms with E-state index < -0.39 is 5.97 Å². The summed E-state index contributed by atoms with van der Waals surface area (Å²) in [7, 11) is 0. The number of benzene rings is 1. The summed E-state index contributed by atoms with van der Waals surface area (Å²) >= 11 is 0. The van der Waals surface area contributed by atoms with Crippen LogP contribution in [-0.2, 0) is 16.1 Å². The summed E-state index contributed by atoms with van der Waals surface area (Å²) in [5.41, 5.74) is 0.879. The van der Waals surface area contributed by atoms with Crippen LogP contribution in [0.3, 0.4) is 0 Å². The molecule has 0 aromatic heterocycles. The fourth-order valence-corrected chi connectivity index (χ4v) is 2.85. The SMILES string of the molecule is CCOc1cc(CNC(=O)CCC(=O)O)ccc1OCCN1CCCC1. The molecule has 1 aromatic rings. The van der Waals surface area contributed by atoms with Crippen molar-refractivity contribution in [2.45, 2.75) is 39.2 Å². The average Bonchev–Trinajstić information content (AvgIpc) is 3.13. The molecule has 1 amide bonds. The predicted molar refractivity (Wildman–Crippen MR) is 97.5 cm³/mol. The monoisotopic (exact) mass is 364 g/mol. The van der Waals surface area contributed by atoms with Crippen molar-refractivity contribution in [3.05, 3.63) is 23.8 Å². The van der Waals surface area contributed by atoms with E-state index in [-0.39, 0.29) is 18.7 Å². The first-order valence-electron chi connectivity index (χ1n) is 9.18. The molecule has 1 saturated heterocycles. The highest BCUT2D eigenvalue weighted by molar-refractivity contribution is 5.80. The molecule has 1 aliphatic rings. The van der Waals surface area contributed by atoms with Crippen LogP contribution >= 0.6 is 0 Å². The van der Waals surface area contributed by atoms with E-state index in [4.69, 9.17) is 14.6 Å². The zero-order valence-corrected chi connectivity index (χ0v) is 15.3. The maximum absolute atomic E-state index is 11.6. The van der Waals surface area contributed by atoms with Gasteiger partial charge in [0.15, 0.2) is 11.5 Å². The van der Waals surface area contributed by atoms with E-state index in [1.165, 1.54) is 12.8 Å². The number of amides is 1. The van der Waals surface area contributed by atoms with Gasteiger partial charge >= 0.3 is 5.97 Å². The Balaban J connectivity index is 1.85. The minimum Gasteiger partial charge on any atom is -0.490 e. The smallest absolute Gasteiger partial charge is 0.303 e. The van der Waals surface area contributed by atoms with E-state index in [2.05, 4.69) is 10.2 Å². The lowest BCUT2D eigenvalue weighted by Crippen LogP contribution is -2.25. The van der Waals surface area contributed by atoms with Gasteiger partial charge in [-0.05, 0) is 50.6 Å². The first-order valence-corrected chi connectivity index (χ1v) is 9.18. The molecule has 1 heterocycles. The first-order chi connectivity index (χ1) is 12.6. The Morgan fingerprint density at radius 1 is 1.15 bits per heavy atom. The van der Waals surface area contributed by atoms with E-state index in [0.29, 0.717) is 31.3 Å². The quantitative estimate of drug-likeness (QED) is 0.625. The van der Waals surface area contributed by atoms with Crippen LogP contribution in [0.1, 0.15) is 38.2 Å². The zero-order chi connectivity index (χ0) is 18.8. The molecular weight excluding hydrogens is 336 g/mol. The second kappa shape index (κ2) is 10.7. The van der Waals surface area contributed by atoms with Crippen molar-refractivity contribution < 1.29 is 24.2 Å². The third kappa shape index (κ3) is 6.92. The third-order valence-corrected chi connectivity index (χ3v) is 4.23. The number of hydrogen-bond donors (Lipinski definition) is 2. The number of ether oxygens (including phenoxy) is 2. The summed E-state index contributed by atoms with van der Waals surface area (Å²) in [5.74, 6) is 0.101. The Morgan fingerprint density at radius 3 is 2.62 bits per heavy atom. The molecule has 7 nitrogen and oxygen atoms in total. The predicted octanol–water partition coefficient (Wildman–Crippen LogP) is 2.04. The number of rotatable bonds is 11. The standard InChI is InChI=1S/C19H28N2O5/c1-2-25-17-13-15(14-20-18(22)7-8-19(23)24)5-6-16(17)26-12-11-21-9-3-4-10-21/h5-6,13H,2-4,7-12,14H2,1H3,(H,20,22)(H,23,24).